The van der Waals surface area contributed by atoms with E-state index in [-0.39, 0.29) is 6.04 Å². The lowest BCUT2D eigenvalue weighted by Gasteiger charge is -2.34. The predicted octanol–water partition coefficient (Wildman–Crippen LogP) is 1.62. The van der Waals surface area contributed by atoms with E-state index in [2.05, 4.69) is 4.90 Å². The number of anilines is 1. The molecule has 4 nitrogen and oxygen atoms in total. The lowest BCUT2D eigenvalue weighted by molar-refractivity contribution is 0.410. The fourth-order valence-electron chi connectivity index (χ4n) is 2.37. The zero-order valence-electron chi connectivity index (χ0n) is 10.1. The minimum Gasteiger partial charge on any atom is -0.495 e. The molecule has 0 unspecified atom stereocenters. The summed E-state index contributed by atoms with van der Waals surface area (Å²) < 4.78 is 5.39. The number of ether oxygens (including phenoxy) is 1. The van der Waals surface area contributed by atoms with Gasteiger partial charge in [-0.2, -0.15) is 0 Å². The van der Waals surface area contributed by atoms with Crippen LogP contribution in [0.15, 0.2) is 18.2 Å². The Balaban J connectivity index is 2.37. The van der Waals surface area contributed by atoms with Crippen LogP contribution in [0.5, 0.6) is 5.75 Å². The molecule has 1 saturated heterocycles. The van der Waals surface area contributed by atoms with E-state index in [0.29, 0.717) is 0 Å². The summed E-state index contributed by atoms with van der Waals surface area (Å²) in [6, 6.07) is 5.99. The molecular formula is C13H19N3O. The zero-order chi connectivity index (χ0) is 12.3. The highest BCUT2D eigenvalue weighted by Gasteiger charge is 2.21. The highest BCUT2D eigenvalue weighted by Crippen LogP contribution is 2.32. The first-order chi connectivity index (χ1) is 8.26. The van der Waals surface area contributed by atoms with E-state index >= 15 is 0 Å². The van der Waals surface area contributed by atoms with Gasteiger partial charge in [-0.05, 0) is 18.9 Å². The summed E-state index contributed by atoms with van der Waals surface area (Å²) >= 11 is 0. The number of hydrogen-bond acceptors (Lipinski definition) is 4. The van der Waals surface area contributed by atoms with Crippen LogP contribution in [0, 0.1) is 5.41 Å². The molecule has 1 fully saturated rings. The average molecular weight is 233 g/mol. The van der Waals surface area contributed by atoms with Crippen molar-refractivity contribution in [3.8, 4) is 5.75 Å². The van der Waals surface area contributed by atoms with Gasteiger partial charge in [-0.3, -0.25) is 0 Å². The monoisotopic (exact) mass is 233 g/mol. The van der Waals surface area contributed by atoms with Gasteiger partial charge in [0.05, 0.1) is 12.8 Å². The van der Waals surface area contributed by atoms with E-state index in [1.807, 2.05) is 18.2 Å². The van der Waals surface area contributed by atoms with Crippen LogP contribution in [-0.2, 0) is 0 Å². The normalized spacial score (nSPS) is 20.1. The van der Waals surface area contributed by atoms with Gasteiger partial charge in [-0.15, -0.1) is 0 Å². The average Bonchev–Trinajstić information content (AvgIpc) is 2.37. The lowest BCUT2D eigenvalue weighted by atomic mass is 10.0. The second-order valence-electron chi connectivity index (χ2n) is 4.39. The van der Waals surface area contributed by atoms with Gasteiger partial charge in [0.2, 0.25) is 0 Å². The van der Waals surface area contributed by atoms with Crippen LogP contribution in [-0.4, -0.2) is 32.5 Å². The Labute approximate surface area is 102 Å². The Bertz CT molecular complexity index is 406. The molecule has 0 radical (unpaired) electrons. The van der Waals surface area contributed by atoms with Gasteiger partial charge in [0, 0.05) is 30.9 Å². The van der Waals surface area contributed by atoms with Crippen molar-refractivity contribution in [3.63, 3.8) is 0 Å². The second-order valence-corrected chi connectivity index (χ2v) is 4.39. The Hall–Kier alpha value is -1.55. The van der Waals surface area contributed by atoms with Gasteiger partial charge in [0.25, 0.3) is 0 Å². The highest BCUT2D eigenvalue weighted by molar-refractivity contribution is 5.89. The first-order valence-corrected chi connectivity index (χ1v) is 5.94. The number of hydrogen-bond donors (Lipinski definition) is 2. The number of methoxy groups -OCH3 is 1. The molecule has 0 spiro atoms. The van der Waals surface area contributed by atoms with Crippen molar-refractivity contribution in [2.75, 3.05) is 25.1 Å². The lowest BCUT2D eigenvalue weighted by Crippen LogP contribution is -2.43. The molecule has 0 amide bonds. The SMILES string of the molecule is COc1cccc(C=N)c1N1CCC[C@@H](N)C1. The van der Waals surface area contributed by atoms with Crippen LogP contribution < -0.4 is 15.4 Å². The minimum absolute atomic E-state index is 0.215. The molecule has 1 aliphatic rings. The Morgan fingerprint density at radius 3 is 3.00 bits per heavy atom. The molecule has 1 aliphatic heterocycles. The van der Waals surface area contributed by atoms with Gasteiger partial charge in [-0.25, -0.2) is 0 Å². The number of benzene rings is 1. The zero-order valence-corrected chi connectivity index (χ0v) is 10.1. The van der Waals surface area contributed by atoms with E-state index in [4.69, 9.17) is 15.9 Å². The van der Waals surface area contributed by atoms with Crippen molar-refractivity contribution in [2.45, 2.75) is 18.9 Å². The van der Waals surface area contributed by atoms with Crippen molar-refractivity contribution >= 4 is 11.9 Å². The van der Waals surface area contributed by atoms with Gasteiger partial charge in [0.15, 0.2) is 0 Å². The number of nitrogens with zero attached hydrogens (tertiary/aromatic N) is 1. The molecule has 17 heavy (non-hydrogen) atoms. The third-order valence-corrected chi connectivity index (χ3v) is 3.18. The predicted molar refractivity (Wildman–Crippen MR) is 70.3 cm³/mol. The fraction of sp³-hybridized carbons (Fsp3) is 0.462. The molecule has 1 aromatic carbocycles. The molecule has 92 valence electrons. The Morgan fingerprint density at radius 1 is 1.53 bits per heavy atom. The molecule has 0 saturated carbocycles. The van der Waals surface area contributed by atoms with E-state index in [1.165, 1.54) is 6.21 Å². The molecule has 0 bridgehead atoms. The fourth-order valence-corrected chi connectivity index (χ4v) is 2.37. The van der Waals surface area contributed by atoms with Gasteiger partial charge < -0.3 is 20.8 Å². The summed E-state index contributed by atoms with van der Waals surface area (Å²) in [7, 11) is 1.66. The third kappa shape index (κ3) is 2.42. The van der Waals surface area contributed by atoms with Gasteiger partial charge in [-0.1, -0.05) is 12.1 Å². The van der Waals surface area contributed by atoms with Crippen molar-refractivity contribution in [1.82, 2.24) is 0 Å². The van der Waals surface area contributed by atoms with Gasteiger partial charge >= 0.3 is 0 Å². The molecule has 0 aromatic heterocycles. The van der Waals surface area contributed by atoms with Crippen molar-refractivity contribution in [1.29, 1.82) is 5.41 Å². The topological polar surface area (TPSA) is 62.3 Å². The first-order valence-electron chi connectivity index (χ1n) is 5.94. The molecule has 1 atom stereocenters. The maximum Gasteiger partial charge on any atom is 0.142 e. The summed E-state index contributed by atoms with van der Waals surface area (Å²) in [4.78, 5) is 2.23. The summed E-state index contributed by atoms with van der Waals surface area (Å²) in [6.07, 6.45) is 3.54. The van der Waals surface area contributed by atoms with E-state index in [9.17, 15) is 0 Å². The maximum absolute atomic E-state index is 7.49. The van der Waals surface area contributed by atoms with E-state index in [1.54, 1.807) is 7.11 Å². The Kier molecular flexibility index (Phi) is 3.64. The number of rotatable bonds is 3. The molecular weight excluding hydrogens is 214 g/mol. The number of nitrogens with two attached hydrogens (primary N) is 1. The molecule has 4 heteroatoms. The van der Waals surface area contributed by atoms with Crippen LogP contribution >= 0.6 is 0 Å². The van der Waals surface area contributed by atoms with Crippen molar-refractivity contribution in [3.05, 3.63) is 23.8 Å². The smallest absolute Gasteiger partial charge is 0.142 e. The summed E-state index contributed by atoms with van der Waals surface area (Å²) in [5.74, 6) is 0.820. The quantitative estimate of drug-likeness (QED) is 0.780. The molecule has 3 N–H and O–H groups in total. The highest BCUT2D eigenvalue weighted by atomic mass is 16.5. The van der Waals surface area contributed by atoms with Crippen LogP contribution in [0.1, 0.15) is 18.4 Å². The second kappa shape index (κ2) is 5.19. The summed E-state index contributed by atoms with van der Waals surface area (Å²) in [5, 5.41) is 7.49. The Morgan fingerprint density at radius 2 is 2.35 bits per heavy atom. The van der Waals surface area contributed by atoms with Gasteiger partial charge in [0.1, 0.15) is 5.75 Å². The summed E-state index contributed by atoms with van der Waals surface area (Å²) in [5.41, 5.74) is 7.89. The van der Waals surface area contributed by atoms with Crippen molar-refractivity contribution in [2.24, 2.45) is 5.73 Å². The number of para-hydroxylation sites is 1. The first kappa shape index (κ1) is 11.9. The maximum atomic E-state index is 7.49. The third-order valence-electron chi connectivity index (χ3n) is 3.18. The summed E-state index contributed by atoms with van der Waals surface area (Å²) in [6.45, 7) is 1.82. The minimum atomic E-state index is 0.215. The van der Waals surface area contributed by atoms with E-state index < -0.39 is 0 Å². The number of piperidine rings is 1. The molecule has 1 heterocycles. The largest absolute Gasteiger partial charge is 0.495 e. The molecule has 0 aliphatic carbocycles. The van der Waals surface area contributed by atoms with Crippen molar-refractivity contribution < 1.29 is 4.74 Å². The standard InChI is InChI=1S/C13H19N3O/c1-17-12-6-2-4-10(8-14)13(12)16-7-3-5-11(15)9-16/h2,4,6,8,11,14H,3,5,7,9,15H2,1H3/t11-/m1/s1. The molecule has 2 rings (SSSR count). The van der Waals surface area contributed by atoms with Crippen LogP contribution in [0.4, 0.5) is 5.69 Å². The number of nitrogens with one attached hydrogen (secondary N) is 1. The molecule has 1 aromatic rings. The van der Waals surface area contributed by atoms with Crippen LogP contribution in [0.25, 0.3) is 0 Å². The van der Waals surface area contributed by atoms with Crippen LogP contribution in [0.3, 0.4) is 0 Å². The van der Waals surface area contributed by atoms with E-state index in [0.717, 1.165) is 42.9 Å². The van der Waals surface area contributed by atoms with Crippen LogP contribution in [0.2, 0.25) is 0 Å².